The predicted octanol–water partition coefficient (Wildman–Crippen LogP) is 3.13. The first-order valence-corrected chi connectivity index (χ1v) is 13.7. The van der Waals surface area contributed by atoms with Crippen LogP contribution in [0.25, 0.3) is 0 Å². The van der Waals surface area contributed by atoms with Crippen molar-refractivity contribution < 1.29 is 21.6 Å². The zero-order chi connectivity index (χ0) is 23.6. The van der Waals surface area contributed by atoms with Crippen molar-refractivity contribution in [1.82, 2.24) is 5.32 Å². The molecule has 0 radical (unpaired) electrons. The van der Waals surface area contributed by atoms with Gasteiger partial charge in [-0.3, -0.25) is 9.10 Å². The molecular weight excluding hydrogens is 436 g/mol. The molecule has 1 amide bonds. The molecule has 0 aliphatic carbocycles. The summed E-state index contributed by atoms with van der Waals surface area (Å²) in [5, 5.41) is 2.86. The fourth-order valence-corrected chi connectivity index (χ4v) is 5.15. The normalized spacial score (nSPS) is 14.0. The van der Waals surface area contributed by atoms with E-state index in [1.165, 1.54) is 12.1 Å². The Morgan fingerprint density at radius 1 is 0.968 bits per heavy atom. The molecule has 2 atom stereocenters. The standard InChI is InChI=1S/C22H30N2O5S2/c1-7-21(24(31(6,28)29)19-11-8-15(2)16(3)14-19)22(25)23-17(4)18-9-12-20(13-10-18)30(5,26)27/h8-14,17,21H,7H2,1-6H3,(H,23,25)/t17-,21-/m0/s1. The lowest BCUT2D eigenvalue weighted by atomic mass is 10.1. The fraction of sp³-hybridized carbons (Fsp3) is 0.409. The fourth-order valence-electron chi connectivity index (χ4n) is 3.32. The van der Waals surface area contributed by atoms with E-state index in [9.17, 15) is 21.6 Å². The molecule has 0 saturated heterocycles. The number of nitrogens with one attached hydrogen (secondary N) is 1. The maximum absolute atomic E-state index is 13.1. The summed E-state index contributed by atoms with van der Waals surface area (Å²) in [6.45, 7) is 7.35. The zero-order valence-electron chi connectivity index (χ0n) is 18.7. The Bertz CT molecular complexity index is 1160. The minimum atomic E-state index is -3.72. The van der Waals surface area contributed by atoms with Gasteiger partial charge in [-0.2, -0.15) is 0 Å². The second-order valence-corrected chi connectivity index (χ2v) is 11.7. The lowest BCUT2D eigenvalue weighted by Gasteiger charge is -2.31. The predicted molar refractivity (Wildman–Crippen MR) is 123 cm³/mol. The van der Waals surface area contributed by atoms with Crippen LogP contribution in [0.3, 0.4) is 0 Å². The Balaban J connectivity index is 2.32. The van der Waals surface area contributed by atoms with Gasteiger partial charge < -0.3 is 5.32 Å². The van der Waals surface area contributed by atoms with E-state index in [1.807, 2.05) is 19.9 Å². The van der Waals surface area contributed by atoms with E-state index in [1.54, 1.807) is 38.1 Å². The van der Waals surface area contributed by atoms with Gasteiger partial charge in [0.25, 0.3) is 0 Å². The highest BCUT2D eigenvalue weighted by Crippen LogP contribution is 2.26. The molecule has 0 saturated carbocycles. The van der Waals surface area contributed by atoms with E-state index in [4.69, 9.17) is 0 Å². The Kier molecular flexibility index (Phi) is 7.54. The summed E-state index contributed by atoms with van der Waals surface area (Å²) in [5.74, 6) is -0.425. The number of anilines is 1. The third-order valence-corrected chi connectivity index (χ3v) is 7.55. The van der Waals surface area contributed by atoms with Crippen molar-refractivity contribution in [2.45, 2.75) is 51.1 Å². The van der Waals surface area contributed by atoms with Gasteiger partial charge in [0.1, 0.15) is 6.04 Å². The van der Waals surface area contributed by atoms with E-state index in [2.05, 4.69) is 5.32 Å². The molecule has 1 N–H and O–H groups in total. The molecule has 0 fully saturated rings. The van der Waals surface area contributed by atoms with Gasteiger partial charge in [-0.25, -0.2) is 16.8 Å². The van der Waals surface area contributed by atoms with Crippen LogP contribution in [-0.2, 0) is 24.7 Å². The summed E-state index contributed by atoms with van der Waals surface area (Å²) in [5.41, 5.74) is 3.12. The maximum Gasteiger partial charge on any atom is 0.244 e. The first-order chi connectivity index (χ1) is 14.3. The number of carbonyl (C=O) groups excluding carboxylic acids is 1. The molecule has 0 spiro atoms. The number of amides is 1. The van der Waals surface area contributed by atoms with Crippen LogP contribution in [0.2, 0.25) is 0 Å². The number of sulfone groups is 1. The number of hydrogen-bond acceptors (Lipinski definition) is 5. The van der Waals surface area contributed by atoms with Crippen LogP contribution in [-0.4, -0.2) is 41.3 Å². The molecule has 2 aromatic rings. The van der Waals surface area contributed by atoms with Gasteiger partial charge in [-0.15, -0.1) is 0 Å². The number of carbonyl (C=O) groups is 1. The molecule has 0 bridgehead atoms. The highest BCUT2D eigenvalue weighted by atomic mass is 32.2. The molecule has 170 valence electrons. The zero-order valence-corrected chi connectivity index (χ0v) is 20.3. The number of benzene rings is 2. The number of rotatable bonds is 8. The van der Waals surface area contributed by atoms with Crippen molar-refractivity contribution in [3.63, 3.8) is 0 Å². The number of aryl methyl sites for hydroxylation is 2. The molecule has 9 heteroatoms. The number of hydrogen-bond donors (Lipinski definition) is 1. The van der Waals surface area contributed by atoms with Gasteiger partial charge in [-0.05, 0) is 68.1 Å². The first-order valence-electron chi connectivity index (χ1n) is 9.92. The Hall–Kier alpha value is -2.39. The average molecular weight is 467 g/mol. The summed E-state index contributed by atoms with van der Waals surface area (Å²) < 4.78 is 49.7. The molecule has 0 heterocycles. The van der Waals surface area contributed by atoms with Crippen LogP contribution >= 0.6 is 0 Å². The van der Waals surface area contributed by atoms with Crippen LogP contribution in [0.15, 0.2) is 47.4 Å². The average Bonchev–Trinajstić information content (AvgIpc) is 2.66. The molecule has 2 rings (SSSR count). The minimum absolute atomic E-state index is 0.194. The Morgan fingerprint density at radius 3 is 2.00 bits per heavy atom. The first kappa shape index (κ1) is 24.9. The van der Waals surface area contributed by atoms with Crippen LogP contribution < -0.4 is 9.62 Å². The van der Waals surface area contributed by atoms with E-state index in [0.29, 0.717) is 11.3 Å². The molecule has 7 nitrogen and oxygen atoms in total. The summed E-state index contributed by atoms with van der Waals surface area (Å²) >= 11 is 0. The van der Waals surface area contributed by atoms with Crippen molar-refractivity contribution in [1.29, 1.82) is 0 Å². The molecule has 0 aliphatic rings. The van der Waals surface area contributed by atoms with Crippen molar-refractivity contribution in [2.24, 2.45) is 0 Å². The minimum Gasteiger partial charge on any atom is -0.348 e. The van der Waals surface area contributed by atoms with Gasteiger partial charge >= 0.3 is 0 Å². The molecule has 0 aromatic heterocycles. The molecule has 0 aliphatic heterocycles. The largest absolute Gasteiger partial charge is 0.348 e. The highest BCUT2D eigenvalue weighted by Gasteiger charge is 2.32. The number of sulfonamides is 1. The van der Waals surface area contributed by atoms with Crippen LogP contribution in [0.5, 0.6) is 0 Å². The Labute approximate surface area is 185 Å². The topological polar surface area (TPSA) is 101 Å². The third-order valence-electron chi connectivity index (χ3n) is 5.24. The monoisotopic (exact) mass is 466 g/mol. The molecule has 2 aromatic carbocycles. The number of nitrogens with zero attached hydrogens (tertiary/aromatic N) is 1. The van der Waals surface area contributed by atoms with Gasteiger partial charge in [0.05, 0.1) is 22.9 Å². The van der Waals surface area contributed by atoms with Crippen molar-refractivity contribution in [2.75, 3.05) is 16.8 Å². The summed E-state index contributed by atoms with van der Waals surface area (Å²) in [6.07, 6.45) is 2.50. The second-order valence-electron chi connectivity index (χ2n) is 7.82. The van der Waals surface area contributed by atoms with Gasteiger partial charge in [0, 0.05) is 6.26 Å². The van der Waals surface area contributed by atoms with E-state index < -0.39 is 37.9 Å². The van der Waals surface area contributed by atoms with Crippen molar-refractivity contribution in [3.8, 4) is 0 Å². The molecular formula is C22H30N2O5S2. The van der Waals surface area contributed by atoms with Crippen molar-refractivity contribution >= 4 is 31.5 Å². The smallest absolute Gasteiger partial charge is 0.244 e. The van der Waals surface area contributed by atoms with Crippen LogP contribution in [0.4, 0.5) is 5.69 Å². The summed E-state index contributed by atoms with van der Waals surface area (Å²) in [7, 11) is -7.03. The van der Waals surface area contributed by atoms with Crippen LogP contribution in [0, 0.1) is 13.8 Å². The highest BCUT2D eigenvalue weighted by molar-refractivity contribution is 7.92. The SMILES string of the molecule is CC[C@@H](C(=O)N[C@@H](C)c1ccc(S(C)(=O)=O)cc1)N(c1ccc(C)c(C)c1)S(C)(=O)=O. The van der Waals surface area contributed by atoms with Gasteiger partial charge in [-0.1, -0.05) is 25.1 Å². The second kappa shape index (κ2) is 9.40. The third kappa shape index (κ3) is 6.07. The lowest BCUT2D eigenvalue weighted by Crippen LogP contribution is -2.49. The Morgan fingerprint density at radius 2 is 1.55 bits per heavy atom. The molecule has 31 heavy (non-hydrogen) atoms. The quantitative estimate of drug-likeness (QED) is 0.644. The van der Waals surface area contributed by atoms with Crippen LogP contribution in [0.1, 0.15) is 43.0 Å². The maximum atomic E-state index is 13.1. The lowest BCUT2D eigenvalue weighted by molar-refractivity contribution is -0.122. The summed E-state index contributed by atoms with van der Waals surface area (Å²) in [6, 6.07) is 10.2. The van der Waals surface area contributed by atoms with Gasteiger partial charge in [0.2, 0.25) is 15.9 Å². The molecule has 0 unspecified atom stereocenters. The van der Waals surface area contributed by atoms with Gasteiger partial charge in [0.15, 0.2) is 9.84 Å². The van der Waals surface area contributed by atoms with E-state index in [-0.39, 0.29) is 11.3 Å². The summed E-state index contributed by atoms with van der Waals surface area (Å²) in [4.78, 5) is 13.3. The van der Waals surface area contributed by atoms with Crippen molar-refractivity contribution in [3.05, 3.63) is 59.2 Å². The van der Waals surface area contributed by atoms with E-state index in [0.717, 1.165) is 27.9 Å². The van der Waals surface area contributed by atoms with E-state index >= 15 is 0 Å².